The van der Waals surface area contributed by atoms with E-state index in [1.54, 1.807) is 0 Å². The summed E-state index contributed by atoms with van der Waals surface area (Å²) in [6.07, 6.45) is 1.23. The summed E-state index contributed by atoms with van der Waals surface area (Å²) in [5, 5.41) is 20.1. The van der Waals surface area contributed by atoms with Gasteiger partial charge in [-0.3, -0.25) is 4.79 Å². The second-order valence-electron chi connectivity index (χ2n) is 3.40. The predicted molar refractivity (Wildman–Crippen MR) is 66.9 cm³/mol. The lowest BCUT2D eigenvalue weighted by Crippen LogP contribution is -2.19. The number of amides is 1. The smallest absolute Gasteiger partial charge is 0.297 e. The summed E-state index contributed by atoms with van der Waals surface area (Å²) >= 11 is 5.75. The first-order valence-electron chi connectivity index (χ1n) is 4.98. The number of hydrogen-bond acceptors (Lipinski definition) is 7. The molecule has 9 heteroatoms. The number of benzene rings is 1. The molecule has 0 radical (unpaired) electrons. The SMILES string of the molecule is Nc1nonc1C(=O)N/N=C/c1cc(Cl)ccc1O. The molecule has 0 spiro atoms. The number of hydrazone groups is 1. The number of phenols is 1. The van der Waals surface area contributed by atoms with E-state index >= 15 is 0 Å². The van der Waals surface area contributed by atoms with Crippen molar-refractivity contribution >= 4 is 29.5 Å². The largest absolute Gasteiger partial charge is 0.507 e. The number of aromatic nitrogens is 2. The summed E-state index contributed by atoms with van der Waals surface area (Å²) in [4.78, 5) is 11.5. The van der Waals surface area contributed by atoms with Gasteiger partial charge in [-0.25, -0.2) is 10.1 Å². The lowest BCUT2D eigenvalue weighted by atomic mass is 10.2. The number of halogens is 1. The fourth-order valence-corrected chi connectivity index (χ4v) is 1.38. The van der Waals surface area contributed by atoms with Crippen LogP contribution in [0.4, 0.5) is 5.82 Å². The van der Waals surface area contributed by atoms with Crippen molar-refractivity contribution in [2.45, 2.75) is 0 Å². The van der Waals surface area contributed by atoms with Gasteiger partial charge in [-0.05, 0) is 28.5 Å². The summed E-state index contributed by atoms with van der Waals surface area (Å²) in [5.74, 6) is -0.847. The van der Waals surface area contributed by atoms with E-state index < -0.39 is 5.91 Å². The maximum Gasteiger partial charge on any atom is 0.297 e. The second-order valence-corrected chi connectivity index (χ2v) is 3.84. The molecule has 1 aromatic carbocycles. The predicted octanol–water partition coefficient (Wildman–Crippen LogP) is 0.775. The van der Waals surface area contributed by atoms with Crippen LogP contribution in [0.2, 0.25) is 5.02 Å². The molecule has 0 bridgehead atoms. The van der Waals surface area contributed by atoms with Crippen molar-refractivity contribution in [2.24, 2.45) is 5.10 Å². The van der Waals surface area contributed by atoms with Crippen LogP contribution in [-0.4, -0.2) is 27.5 Å². The standard InChI is InChI=1S/C10H8ClN5O3/c11-6-1-2-7(17)5(3-6)4-13-14-10(18)8-9(12)16-19-15-8/h1-4,17H,(H2,12,16)(H,14,18)/b13-4+. The minimum absolute atomic E-state index is 0.0231. The van der Waals surface area contributed by atoms with Crippen molar-refractivity contribution in [3.8, 4) is 5.75 Å². The van der Waals surface area contributed by atoms with Crippen molar-refractivity contribution in [3.63, 3.8) is 0 Å². The van der Waals surface area contributed by atoms with Gasteiger partial charge in [0, 0.05) is 10.6 Å². The van der Waals surface area contributed by atoms with Crippen LogP contribution in [0.25, 0.3) is 0 Å². The molecule has 19 heavy (non-hydrogen) atoms. The summed E-state index contributed by atoms with van der Waals surface area (Å²) < 4.78 is 4.27. The Balaban J connectivity index is 2.06. The van der Waals surface area contributed by atoms with Gasteiger partial charge in [0.25, 0.3) is 5.91 Å². The Labute approximate surface area is 111 Å². The number of nitrogens with two attached hydrogens (primary N) is 1. The molecule has 0 saturated heterocycles. The molecule has 0 aliphatic heterocycles. The topological polar surface area (TPSA) is 127 Å². The number of hydrogen-bond donors (Lipinski definition) is 3. The van der Waals surface area contributed by atoms with E-state index in [1.165, 1.54) is 24.4 Å². The molecular weight excluding hydrogens is 274 g/mol. The van der Waals surface area contributed by atoms with Gasteiger partial charge < -0.3 is 10.8 Å². The Hall–Kier alpha value is -2.61. The summed E-state index contributed by atoms with van der Waals surface area (Å²) in [5.41, 5.74) is 7.66. The van der Waals surface area contributed by atoms with E-state index in [0.29, 0.717) is 10.6 Å². The van der Waals surface area contributed by atoms with Crippen molar-refractivity contribution in [1.29, 1.82) is 0 Å². The average Bonchev–Trinajstić information content (AvgIpc) is 2.80. The number of nitrogens with zero attached hydrogens (tertiary/aromatic N) is 3. The Morgan fingerprint density at radius 2 is 2.32 bits per heavy atom. The van der Waals surface area contributed by atoms with Crippen LogP contribution in [0, 0.1) is 0 Å². The highest BCUT2D eigenvalue weighted by molar-refractivity contribution is 6.30. The summed E-state index contributed by atoms with van der Waals surface area (Å²) in [7, 11) is 0. The van der Waals surface area contributed by atoms with Crippen LogP contribution < -0.4 is 11.2 Å². The van der Waals surface area contributed by atoms with Crippen LogP contribution in [0.3, 0.4) is 0 Å². The third kappa shape index (κ3) is 2.99. The van der Waals surface area contributed by atoms with Gasteiger partial charge in [0.15, 0.2) is 0 Å². The zero-order chi connectivity index (χ0) is 13.8. The fraction of sp³-hybridized carbons (Fsp3) is 0. The normalized spacial score (nSPS) is 10.8. The maximum absolute atomic E-state index is 11.5. The third-order valence-corrected chi connectivity index (χ3v) is 2.32. The van der Waals surface area contributed by atoms with E-state index in [0.717, 1.165) is 0 Å². The van der Waals surface area contributed by atoms with Gasteiger partial charge >= 0.3 is 0 Å². The molecule has 1 amide bonds. The number of carbonyl (C=O) groups excluding carboxylic acids is 1. The van der Waals surface area contributed by atoms with Gasteiger partial charge in [-0.1, -0.05) is 11.6 Å². The van der Waals surface area contributed by atoms with E-state index in [4.69, 9.17) is 17.3 Å². The van der Waals surface area contributed by atoms with Crippen molar-refractivity contribution in [2.75, 3.05) is 5.73 Å². The van der Waals surface area contributed by atoms with Crippen LogP contribution in [0.5, 0.6) is 5.75 Å². The maximum atomic E-state index is 11.5. The lowest BCUT2D eigenvalue weighted by molar-refractivity contribution is 0.0946. The first-order valence-corrected chi connectivity index (χ1v) is 5.35. The fourth-order valence-electron chi connectivity index (χ4n) is 1.20. The molecule has 0 fully saturated rings. The molecular formula is C10H8ClN5O3. The number of aromatic hydroxyl groups is 1. The number of nitrogens with one attached hydrogen (secondary N) is 1. The molecule has 98 valence electrons. The van der Waals surface area contributed by atoms with Gasteiger partial charge in [-0.2, -0.15) is 5.10 Å². The van der Waals surface area contributed by atoms with Crippen molar-refractivity contribution in [3.05, 3.63) is 34.5 Å². The van der Waals surface area contributed by atoms with Gasteiger partial charge in [0.05, 0.1) is 6.21 Å². The van der Waals surface area contributed by atoms with Crippen LogP contribution in [-0.2, 0) is 0 Å². The molecule has 1 aromatic heterocycles. The number of nitrogen functional groups attached to an aromatic ring is 1. The molecule has 0 unspecified atom stereocenters. The quantitative estimate of drug-likeness (QED) is 0.563. The molecule has 0 saturated carbocycles. The van der Waals surface area contributed by atoms with Crippen LogP contribution in [0.15, 0.2) is 27.9 Å². The monoisotopic (exact) mass is 281 g/mol. The van der Waals surface area contributed by atoms with Gasteiger partial charge in [0.1, 0.15) is 5.75 Å². The molecule has 2 rings (SSSR count). The first-order chi connectivity index (χ1) is 9.08. The minimum atomic E-state index is -0.684. The zero-order valence-corrected chi connectivity index (χ0v) is 10.1. The highest BCUT2D eigenvalue weighted by Crippen LogP contribution is 2.19. The van der Waals surface area contributed by atoms with E-state index in [1.807, 2.05) is 0 Å². The lowest BCUT2D eigenvalue weighted by Gasteiger charge is -1.99. The number of anilines is 1. The zero-order valence-electron chi connectivity index (χ0n) is 9.37. The number of rotatable bonds is 3. The van der Waals surface area contributed by atoms with Crippen LogP contribution >= 0.6 is 11.6 Å². The Morgan fingerprint density at radius 1 is 1.53 bits per heavy atom. The second kappa shape index (κ2) is 5.36. The Morgan fingerprint density at radius 3 is 3.00 bits per heavy atom. The molecule has 1 heterocycles. The third-order valence-electron chi connectivity index (χ3n) is 2.09. The first kappa shape index (κ1) is 12.8. The molecule has 0 aliphatic rings. The minimum Gasteiger partial charge on any atom is -0.507 e. The van der Waals surface area contributed by atoms with Crippen molar-refractivity contribution in [1.82, 2.24) is 15.7 Å². The van der Waals surface area contributed by atoms with Gasteiger partial charge in [-0.15, -0.1) is 0 Å². The van der Waals surface area contributed by atoms with Crippen molar-refractivity contribution < 1.29 is 14.5 Å². The van der Waals surface area contributed by atoms with E-state index in [-0.39, 0.29) is 17.3 Å². The summed E-state index contributed by atoms with van der Waals surface area (Å²) in [6.45, 7) is 0. The number of carbonyl (C=O) groups is 1. The Kier molecular flexibility index (Phi) is 3.62. The van der Waals surface area contributed by atoms with Crippen LogP contribution in [0.1, 0.15) is 16.1 Å². The molecule has 8 nitrogen and oxygen atoms in total. The van der Waals surface area contributed by atoms with E-state index in [9.17, 15) is 9.90 Å². The highest BCUT2D eigenvalue weighted by Gasteiger charge is 2.14. The van der Waals surface area contributed by atoms with E-state index in [2.05, 4.69) is 25.5 Å². The Bertz CT molecular complexity index is 640. The van der Waals surface area contributed by atoms with Gasteiger partial charge in [0.2, 0.25) is 11.5 Å². The highest BCUT2D eigenvalue weighted by atomic mass is 35.5. The molecule has 0 aliphatic carbocycles. The number of phenolic OH excluding ortho intramolecular Hbond substituents is 1. The average molecular weight is 282 g/mol. The summed E-state index contributed by atoms with van der Waals surface area (Å²) in [6, 6.07) is 4.41. The molecule has 2 aromatic rings. The molecule has 4 N–H and O–H groups in total. The molecule has 0 atom stereocenters.